The molecule has 0 radical (unpaired) electrons. The maximum atomic E-state index is 13.2. The van der Waals surface area contributed by atoms with Gasteiger partial charge in [-0.3, -0.25) is 9.59 Å². The molecule has 0 atom stereocenters. The molecule has 0 unspecified atom stereocenters. The minimum absolute atomic E-state index is 0.0449. The van der Waals surface area contributed by atoms with Crippen LogP contribution in [0.25, 0.3) is 0 Å². The summed E-state index contributed by atoms with van der Waals surface area (Å²) in [5.41, 5.74) is 1.63. The maximum absolute atomic E-state index is 13.2. The third-order valence-electron chi connectivity index (χ3n) is 3.46. The number of hydrogen-bond acceptors (Lipinski definition) is 2. The zero-order valence-electron chi connectivity index (χ0n) is 11.0. The molecule has 0 fully saturated rings. The number of hydrogen-bond donors (Lipinski definition) is 0. The average molecular weight is 395 g/mol. The number of nitrogens with zero attached hydrogens (tertiary/aromatic N) is 1. The van der Waals surface area contributed by atoms with E-state index in [1.54, 1.807) is 29.2 Å². The van der Waals surface area contributed by atoms with E-state index in [4.69, 9.17) is 0 Å². The smallest absolute Gasteiger partial charge is 0.259 e. The number of anilines is 1. The molecule has 0 bridgehead atoms. The largest absolute Gasteiger partial charge is 0.307 e. The summed E-state index contributed by atoms with van der Waals surface area (Å²) in [6.07, 6.45) is 0.306. The van der Waals surface area contributed by atoms with Crippen molar-refractivity contribution in [2.24, 2.45) is 0 Å². The predicted octanol–water partition coefficient (Wildman–Crippen LogP) is 3.66. The van der Waals surface area contributed by atoms with Crippen molar-refractivity contribution in [3.63, 3.8) is 0 Å². The van der Waals surface area contributed by atoms with Gasteiger partial charge in [-0.2, -0.15) is 0 Å². The van der Waals surface area contributed by atoms with Crippen LogP contribution in [0.5, 0.6) is 0 Å². The Morgan fingerprint density at radius 1 is 1.19 bits per heavy atom. The number of Topliss-reactive ketones (excluding diaryl/α,β-unsaturated/α-hetero) is 1. The monoisotopic (exact) mass is 395 g/mol. The number of halogens is 2. The van der Waals surface area contributed by atoms with E-state index in [9.17, 15) is 14.0 Å². The van der Waals surface area contributed by atoms with E-state index >= 15 is 0 Å². The molecule has 2 aromatic rings. The van der Waals surface area contributed by atoms with Gasteiger partial charge in [0.15, 0.2) is 5.78 Å². The Bertz CT molecular complexity index is 745. The molecule has 0 aromatic heterocycles. The molecule has 5 heteroatoms. The van der Waals surface area contributed by atoms with Gasteiger partial charge in [-0.25, -0.2) is 4.39 Å². The zero-order chi connectivity index (χ0) is 15.0. The molecule has 1 aliphatic rings. The van der Waals surface area contributed by atoms with E-state index in [1.807, 2.05) is 22.6 Å². The minimum atomic E-state index is -0.370. The highest BCUT2D eigenvalue weighted by molar-refractivity contribution is 14.1. The number of carbonyl (C=O) groups excluding carboxylic acids is 2. The molecule has 2 aromatic carbocycles. The van der Waals surface area contributed by atoms with Crippen molar-refractivity contribution in [2.45, 2.75) is 6.42 Å². The molecule has 3 nitrogen and oxygen atoms in total. The van der Waals surface area contributed by atoms with Crippen LogP contribution in [-0.4, -0.2) is 18.2 Å². The quantitative estimate of drug-likeness (QED) is 0.692. The van der Waals surface area contributed by atoms with Crippen molar-refractivity contribution in [3.8, 4) is 0 Å². The summed E-state index contributed by atoms with van der Waals surface area (Å²) in [6.45, 7) is 0.349. The fraction of sp³-hybridized carbons (Fsp3) is 0.125. The Hall–Kier alpha value is -1.76. The van der Waals surface area contributed by atoms with Crippen molar-refractivity contribution in [1.82, 2.24) is 0 Å². The van der Waals surface area contributed by atoms with Gasteiger partial charge < -0.3 is 4.90 Å². The first-order valence-electron chi connectivity index (χ1n) is 6.47. The fourth-order valence-corrected chi connectivity index (χ4v) is 3.14. The van der Waals surface area contributed by atoms with E-state index in [2.05, 4.69) is 0 Å². The van der Waals surface area contributed by atoms with Crippen LogP contribution in [0, 0.1) is 9.39 Å². The molecule has 21 heavy (non-hydrogen) atoms. The Kier molecular flexibility index (Phi) is 3.75. The van der Waals surface area contributed by atoms with Crippen LogP contribution < -0.4 is 4.90 Å². The summed E-state index contributed by atoms with van der Waals surface area (Å²) < 4.78 is 13.7. The van der Waals surface area contributed by atoms with Gasteiger partial charge in [-0.15, -0.1) is 0 Å². The standard InChI is InChI=1S/C16H11FINO2/c17-10-5-6-11(13(18)9-10)16(21)19-8-7-15(20)12-3-1-2-4-14(12)19/h1-6,9H,7-8H2. The number of amides is 1. The number of carbonyl (C=O) groups is 2. The summed E-state index contributed by atoms with van der Waals surface area (Å²) >= 11 is 1.95. The molecule has 0 saturated heterocycles. The Labute approximate surface area is 134 Å². The number of fused-ring (bicyclic) bond motifs is 1. The van der Waals surface area contributed by atoms with Crippen LogP contribution in [-0.2, 0) is 0 Å². The molecule has 0 saturated carbocycles. The van der Waals surface area contributed by atoms with Gasteiger partial charge in [-0.05, 0) is 52.9 Å². The van der Waals surface area contributed by atoms with Gasteiger partial charge in [0.25, 0.3) is 5.91 Å². The molecule has 0 spiro atoms. The van der Waals surface area contributed by atoms with Gasteiger partial charge in [0.2, 0.25) is 0 Å². The summed E-state index contributed by atoms with van der Waals surface area (Å²) in [7, 11) is 0. The predicted molar refractivity (Wildman–Crippen MR) is 86.2 cm³/mol. The molecule has 1 heterocycles. The van der Waals surface area contributed by atoms with Gasteiger partial charge in [0.05, 0.1) is 11.3 Å². The van der Waals surface area contributed by atoms with E-state index in [1.165, 1.54) is 18.2 Å². The highest BCUT2D eigenvalue weighted by atomic mass is 127. The first kappa shape index (κ1) is 14.2. The molecule has 1 amide bonds. The van der Waals surface area contributed by atoms with Crippen molar-refractivity contribution >= 4 is 40.0 Å². The van der Waals surface area contributed by atoms with Gasteiger partial charge >= 0.3 is 0 Å². The first-order chi connectivity index (χ1) is 10.1. The van der Waals surface area contributed by atoms with Crippen LogP contribution in [0.2, 0.25) is 0 Å². The Morgan fingerprint density at radius 2 is 1.95 bits per heavy atom. The highest BCUT2D eigenvalue weighted by Crippen LogP contribution is 2.29. The molecule has 3 rings (SSSR count). The van der Waals surface area contributed by atoms with Gasteiger partial charge in [0, 0.05) is 22.1 Å². The molecular weight excluding hydrogens is 384 g/mol. The average Bonchev–Trinajstić information content (AvgIpc) is 2.47. The second kappa shape index (κ2) is 5.55. The topological polar surface area (TPSA) is 37.4 Å². The van der Waals surface area contributed by atoms with Crippen molar-refractivity contribution < 1.29 is 14.0 Å². The molecular formula is C16H11FINO2. The lowest BCUT2D eigenvalue weighted by molar-refractivity contribution is 0.0954. The van der Waals surface area contributed by atoms with Crippen LogP contribution >= 0.6 is 22.6 Å². The van der Waals surface area contributed by atoms with Crippen LogP contribution in [0.3, 0.4) is 0 Å². The van der Waals surface area contributed by atoms with Crippen molar-refractivity contribution in [1.29, 1.82) is 0 Å². The van der Waals surface area contributed by atoms with Gasteiger partial charge in [0.1, 0.15) is 5.82 Å². The SMILES string of the molecule is O=C1CCN(C(=O)c2ccc(F)cc2I)c2ccccc21. The normalized spacial score (nSPS) is 14.0. The van der Waals surface area contributed by atoms with E-state index in [0.717, 1.165) is 0 Å². The minimum Gasteiger partial charge on any atom is -0.307 e. The molecule has 0 N–H and O–H groups in total. The maximum Gasteiger partial charge on any atom is 0.259 e. The van der Waals surface area contributed by atoms with E-state index < -0.39 is 0 Å². The highest BCUT2D eigenvalue weighted by Gasteiger charge is 2.28. The van der Waals surface area contributed by atoms with Crippen LogP contribution in [0.4, 0.5) is 10.1 Å². The number of rotatable bonds is 1. The number of ketones is 1. The van der Waals surface area contributed by atoms with Crippen molar-refractivity contribution in [3.05, 3.63) is 63.0 Å². The molecule has 1 aliphatic heterocycles. The zero-order valence-corrected chi connectivity index (χ0v) is 13.1. The van der Waals surface area contributed by atoms with Crippen LogP contribution in [0.15, 0.2) is 42.5 Å². The second-order valence-corrected chi connectivity index (χ2v) is 5.93. The Balaban J connectivity index is 2.03. The first-order valence-corrected chi connectivity index (χ1v) is 7.55. The second-order valence-electron chi connectivity index (χ2n) is 4.77. The third-order valence-corrected chi connectivity index (χ3v) is 4.36. The number of para-hydroxylation sites is 1. The summed E-state index contributed by atoms with van der Waals surface area (Å²) in [5.74, 6) is -0.534. The fourth-order valence-electron chi connectivity index (χ4n) is 2.43. The molecule has 0 aliphatic carbocycles. The molecule has 106 valence electrons. The van der Waals surface area contributed by atoms with Gasteiger partial charge in [-0.1, -0.05) is 12.1 Å². The lowest BCUT2D eigenvalue weighted by atomic mass is 9.99. The lowest BCUT2D eigenvalue weighted by Crippen LogP contribution is -2.37. The van der Waals surface area contributed by atoms with Crippen molar-refractivity contribution in [2.75, 3.05) is 11.4 Å². The summed E-state index contributed by atoms with van der Waals surface area (Å²) in [5, 5.41) is 0. The Morgan fingerprint density at radius 3 is 2.71 bits per heavy atom. The lowest BCUT2D eigenvalue weighted by Gasteiger charge is -2.29. The number of benzene rings is 2. The van der Waals surface area contributed by atoms with Crippen LogP contribution in [0.1, 0.15) is 27.1 Å². The van der Waals surface area contributed by atoms with E-state index in [0.29, 0.717) is 33.4 Å². The summed E-state index contributed by atoms with van der Waals surface area (Å²) in [4.78, 5) is 26.2. The third kappa shape index (κ3) is 2.57. The summed E-state index contributed by atoms with van der Waals surface area (Å²) in [6, 6.07) is 11.2. The van der Waals surface area contributed by atoms with E-state index in [-0.39, 0.29) is 17.5 Å².